The van der Waals surface area contributed by atoms with Gasteiger partial charge in [-0.1, -0.05) is 25.5 Å². The molecule has 1 aromatic carbocycles. The fourth-order valence-corrected chi connectivity index (χ4v) is 4.47. The maximum Gasteiger partial charge on any atom is 0.394 e. The number of amides is 1. The number of thioether (sulfide) groups is 1. The molecule has 0 spiro atoms. The number of pyridine rings is 1. The molecule has 7 heteroatoms. The van der Waals surface area contributed by atoms with Gasteiger partial charge in [-0.2, -0.15) is 8.78 Å². The Balaban J connectivity index is 1.66. The maximum absolute atomic E-state index is 13.1. The third kappa shape index (κ3) is 6.17. The van der Waals surface area contributed by atoms with E-state index in [0.717, 1.165) is 36.4 Å². The normalized spacial score (nSPS) is 19.6. The lowest BCUT2D eigenvalue weighted by Crippen LogP contribution is -2.45. The van der Waals surface area contributed by atoms with E-state index in [-0.39, 0.29) is 17.7 Å². The van der Waals surface area contributed by atoms with Crippen LogP contribution in [-0.2, 0) is 5.75 Å². The highest BCUT2D eigenvalue weighted by Gasteiger charge is 2.29. The van der Waals surface area contributed by atoms with Gasteiger partial charge in [-0.15, -0.1) is 11.8 Å². The molecule has 30 heavy (non-hydrogen) atoms. The first-order chi connectivity index (χ1) is 14.2. The van der Waals surface area contributed by atoms with Crippen LogP contribution in [0, 0.1) is 5.92 Å². The molecule has 0 N–H and O–H groups in total. The third-order valence-electron chi connectivity index (χ3n) is 5.33. The lowest BCUT2D eigenvalue weighted by atomic mass is 9.91. The molecule has 0 bridgehead atoms. The molecule has 1 aliphatic rings. The number of hydrogen-bond acceptors (Lipinski definition) is 4. The van der Waals surface area contributed by atoms with E-state index in [1.54, 1.807) is 18.2 Å². The van der Waals surface area contributed by atoms with Crippen LogP contribution in [0.2, 0.25) is 0 Å². The van der Waals surface area contributed by atoms with Crippen LogP contribution in [0.15, 0.2) is 47.4 Å². The minimum Gasteiger partial charge on any atom is -0.433 e. The van der Waals surface area contributed by atoms with Crippen molar-refractivity contribution in [2.75, 3.05) is 6.54 Å². The lowest BCUT2D eigenvalue weighted by molar-refractivity contribution is -0.159. The Morgan fingerprint density at radius 2 is 2.03 bits per heavy atom. The summed E-state index contributed by atoms with van der Waals surface area (Å²) in [5, 5.41) is 0. The molecule has 3 rings (SSSR count). The monoisotopic (exact) mass is 434 g/mol. The summed E-state index contributed by atoms with van der Waals surface area (Å²) in [7, 11) is 0. The van der Waals surface area contributed by atoms with E-state index in [4.69, 9.17) is 0 Å². The molecular formula is C23H28F2N2O2S. The molecule has 1 amide bonds. The SMILES string of the molecule is CCC1CCC(C)N(C(=O)c2cccc(CSc3cccc(OC(C)(F)F)c3)n2)C1. The fraction of sp³-hybridized carbons (Fsp3) is 0.478. The van der Waals surface area contributed by atoms with E-state index < -0.39 is 6.11 Å². The Morgan fingerprint density at radius 3 is 2.77 bits per heavy atom. The van der Waals surface area contributed by atoms with Crippen LogP contribution in [0.3, 0.4) is 0 Å². The van der Waals surface area contributed by atoms with E-state index >= 15 is 0 Å². The zero-order chi connectivity index (χ0) is 21.7. The van der Waals surface area contributed by atoms with Crippen LogP contribution < -0.4 is 4.74 Å². The van der Waals surface area contributed by atoms with Gasteiger partial charge in [0.15, 0.2) is 0 Å². The summed E-state index contributed by atoms with van der Waals surface area (Å²) in [6.45, 7) is 5.76. The highest BCUT2D eigenvalue weighted by molar-refractivity contribution is 7.98. The van der Waals surface area contributed by atoms with E-state index in [2.05, 4.69) is 23.6 Å². The number of halogens is 2. The van der Waals surface area contributed by atoms with Crippen molar-refractivity contribution in [3.63, 3.8) is 0 Å². The largest absolute Gasteiger partial charge is 0.433 e. The van der Waals surface area contributed by atoms with Crippen LogP contribution in [0.25, 0.3) is 0 Å². The van der Waals surface area contributed by atoms with Crippen molar-refractivity contribution in [2.45, 2.75) is 62.8 Å². The molecule has 2 atom stereocenters. The van der Waals surface area contributed by atoms with Gasteiger partial charge >= 0.3 is 6.11 Å². The van der Waals surface area contributed by atoms with Crippen LogP contribution in [0.5, 0.6) is 5.75 Å². The standard InChI is InChI=1S/C23H28F2N2O2S/c1-4-17-12-11-16(2)27(14-17)22(28)21-10-5-7-18(26-21)15-30-20-9-6-8-19(13-20)29-23(3,24)25/h5-10,13,16-17H,4,11-12,14-15H2,1-3H3. The number of alkyl halides is 2. The van der Waals surface area contributed by atoms with Gasteiger partial charge < -0.3 is 9.64 Å². The highest BCUT2D eigenvalue weighted by atomic mass is 32.2. The number of rotatable bonds is 7. The van der Waals surface area contributed by atoms with E-state index in [1.165, 1.54) is 17.8 Å². The molecule has 162 valence electrons. The van der Waals surface area contributed by atoms with Gasteiger partial charge in [-0.3, -0.25) is 4.79 Å². The molecule has 2 aromatic rings. The number of ether oxygens (including phenoxy) is 1. The van der Waals surface area contributed by atoms with Crippen molar-refractivity contribution in [1.82, 2.24) is 9.88 Å². The number of nitrogens with zero attached hydrogens (tertiary/aromatic N) is 2. The Kier molecular flexibility index (Phi) is 7.34. The van der Waals surface area contributed by atoms with Gasteiger partial charge in [0.05, 0.1) is 5.69 Å². The molecule has 0 saturated carbocycles. The summed E-state index contributed by atoms with van der Waals surface area (Å²) < 4.78 is 30.8. The highest BCUT2D eigenvalue weighted by Crippen LogP contribution is 2.29. The third-order valence-corrected chi connectivity index (χ3v) is 6.36. The van der Waals surface area contributed by atoms with Crippen molar-refractivity contribution in [3.8, 4) is 5.75 Å². The van der Waals surface area contributed by atoms with Gasteiger partial charge in [-0.05, 0) is 56.0 Å². The Bertz CT molecular complexity index is 872. The van der Waals surface area contributed by atoms with E-state index in [1.807, 2.05) is 23.1 Å². The van der Waals surface area contributed by atoms with Gasteiger partial charge in [0.2, 0.25) is 0 Å². The molecule has 2 heterocycles. The van der Waals surface area contributed by atoms with E-state index in [0.29, 0.717) is 24.3 Å². The topological polar surface area (TPSA) is 42.4 Å². The lowest BCUT2D eigenvalue weighted by Gasteiger charge is -2.37. The molecule has 1 saturated heterocycles. The summed E-state index contributed by atoms with van der Waals surface area (Å²) in [6.07, 6.45) is 0.0442. The van der Waals surface area contributed by atoms with Crippen molar-refractivity contribution < 1.29 is 18.3 Å². The average Bonchev–Trinajstić information content (AvgIpc) is 2.71. The molecule has 1 aromatic heterocycles. The first kappa shape index (κ1) is 22.5. The molecular weight excluding hydrogens is 406 g/mol. The number of carbonyl (C=O) groups excluding carboxylic acids is 1. The number of benzene rings is 1. The zero-order valence-electron chi connectivity index (χ0n) is 17.6. The summed E-state index contributed by atoms with van der Waals surface area (Å²) in [6, 6.07) is 12.3. The first-order valence-electron chi connectivity index (χ1n) is 10.3. The van der Waals surface area contributed by atoms with Gasteiger partial charge in [0.1, 0.15) is 11.4 Å². The quantitative estimate of drug-likeness (QED) is 0.500. The number of likely N-dealkylation sites (tertiary alicyclic amines) is 1. The molecule has 4 nitrogen and oxygen atoms in total. The first-order valence-corrected chi connectivity index (χ1v) is 11.3. The second kappa shape index (κ2) is 9.77. The molecule has 0 aliphatic carbocycles. The zero-order valence-corrected chi connectivity index (χ0v) is 18.4. The predicted molar refractivity (Wildman–Crippen MR) is 115 cm³/mol. The fourth-order valence-electron chi connectivity index (χ4n) is 3.62. The van der Waals surface area contributed by atoms with Crippen molar-refractivity contribution in [3.05, 3.63) is 53.9 Å². The van der Waals surface area contributed by atoms with E-state index in [9.17, 15) is 13.6 Å². The van der Waals surface area contributed by atoms with Crippen LogP contribution in [0.1, 0.15) is 56.2 Å². The number of piperidine rings is 1. The van der Waals surface area contributed by atoms with Crippen molar-refractivity contribution in [1.29, 1.82) is 0 Å². The van der Waals surface area contributed by atoms with Crippen molar-refractivity contribution in [2.24, 2.45) is 5.92 Å². The maximum atomic E-state index is 13.1. The summed E-state index contributed by atoms with van der Waals surface area (Å²) in [5.41, 5.74) is 1.23. The molecule has 0 radical (unpaired) electrons. The molecule has 2 unspecified atom stereocenters. The van der Waals surface area contributed by atoms with Gasteiger partial charge in [0.25, 0.3) is 5.91 Å². The van der Waals surface area contributed by atoms with Gasteiger partial charge in [0, 0.05) is 30.2 Å². The minimum atomic E-state index is -3.22. The minimum absolute atomic E-state index is 0.0203. The molecule has 1 fully saturated rings. The number of carbonyl (C=O) groups is 1. The predicted octanol–water partition coefficient (Wildman–Crippen LogP) is 6.02. The number of hydrogen-bond donors (Lipinski definition) is 0. The summed E-state index contributed by atoms with van der Waals surface area (Å²) >= 11 is 1.46. The Hall–Kier alpha value is -2.15. The average molecular weight is 435 g/mol. The summed E-state index contributed by atoms with van der Waals surface area (Å²) in [5.74, 6) is 1.18. The number of aromatic nitrogens is 1. The van der Waals surface area contributed by atoms with Crippen LogP contribution in [-0.4, -0.2) is 34.5 Å². The Morgan fingerprint density at radius 1 is 1.27 bits per heavy atom. The Labute approximate surface area is 181 Å². The molecule has 1 aliphatic heterocycles. The second-order valence-corrected chi connectivity index (χ2v) is 8.89. The second-order valence-electron chi connectivity index (χ2n) is 7.85. The summed E-state index contributed by atoms with van der Waals surface area (Å²) in [4.78, 5) is 20.4. The van der Waals surface area contributed by atoms with Crippen molar-refractivity contribution >= 4 is 17.7 Å². The van der Waals surface area contributed by atoms with Crippen LogP contribution in [0.4, 0.5) is 8.78 Å². The van der Waals surface area contributed by atoms with Gasteiger partial charge in [-0.25, -0.2) is 4.98 Å². The smallest absolute Gasteiger partial charge is 0.394 e. The van der Waals surface area contributed by atoms with Crippen LogP contribution >= 0.6 is 11.8 Å².